The number of carbonyl (C=O) groups is 2. The Labute approximate surface area is 294 Å². The number of amidine groups is 1. The zero-order valence-electron chi connectivity index (χ0n) is 29.1. The summed E-state index contributed by atoms with van der Waals surface area (Å²) in [4.78, 5) is 43.7. The molecule has 12 nitrogen and oxygen atoms in total. The molecular weight excluding hydrogens is 630 g/mol. The monoisotopic (exact) mass is 677 g/mol. The van der Waals surface area contributed by atoms with E-state index in [2.05, 4.69) is 25.9 Å². The highest BCUT2D eigenvalue weighted by atomic mass is 16.5. The van der Waals surface area contributed by atoms with E-state index in [9.17, 15) is 9.59 Å². The molecule has 3 heterocycles. The Morgan fingerprint density at radius 1 is 1.14 bits per heavy atom. The number of nitrogens with zero attached hydrogens (tertiary/aromatic N) is 6. The molecule has 3 aromatic rings. The van der Waals surface area contributed by atoms with Crippen LogP contribution in [0.15, 0.2) is 76.9 Å². The number of benzene rings is 2. The maximum absolute atomic E-state index is 13.4. The van der Waals surface area contributed by atoms with Gasteiger partial charge in [0.15, 0.2) is 0 Å². The first-order valence-electron chi connectivity index (χ1n) is 17.1. The minimum absolute atomic E-state index is 0.00296. The molecule has 1 saturated heterocycles. The van der Waals surface area contributed by atoms with Gasteiger partial charge in [-0.25, -0.2) is 9.98 Å². The summed E-state index contributed by atoms with van der Waals surface area (Å²) < 4.78 is 5.62. The number of aliphatic imine (C=N–C) groups is 2. The fraction of sp³-hybridized carbons (Fsp3) is 0.368. The second kappa shape index (κ2) is 16.8. The van der Waals surface area contributed by atoms with Gasteiger partial charge in [0.25, 0.3) is 0 Å². The quantitative estimate of drug-likeness (QED) is 0.0987. The largest absolute Gasteiger partial charge is 0.475 e. The third-order valence-corrected chi connectivity index (χ3v) is 9.11. The molecule has 1 unspecified atom stereocenters. The second-order valence-electron chi connectivity index (χ2n) is 12.8. The first-order chi connectivity index (χ1) is 24.2. The maximum Gasteiger partial charge on any atom is 0.237 e. The minimum atomic E-state index is -0.00296. The molecule has 0 bridgehead atoms. The zero-order valence-corrected chi connectivity index (χ0v) is 29.1. The van der Waals surface area contributed by atoms with Crippen LogP contribution in [-0.2, 0) is 9.59 Å². The van der Waals surface area contributed by atoms with Crippen molar-refractivity contribution >= 4 is 47.2 Å². The Bertz CT molecular complexity index is 1750. The number of nitrogen functional groups attached to an aromatic ring is 1. The summed E-state index contributed by atoms with van der Waals surface area (Å²) in [7, 11) is 1.65. The Kier molecular flexibility index (Phi) is 12.1. The van der Waals surface area contributed by atoms with Crippen LogP contribution in [0.25, 0.3) is 5.57 Å². The summed E-state index contributed by atoms with van der Waals surface area (Å²) in [5, 5.41) is 8.80. The number of pyridine rings is 1. The van der Waals surface area contributed by atoms with Gasteiger partial charge in [0.2, 0.25) is 18.2 Å². The third kappa shape index (κ3) is 9.00. The zero-order chi connectivity index (χ0) is 35.6. The van der Waals surface area contributed by atoms with Crippen LogP contribution in [0.3, 0.4) is 0 Å². The van der Waals surface area contributed by atoms with Gasteiger partial charge in [0, 0.05) is 73.1 Å². The van der Waals surface area contributed by atoms with Crippen LogP contribution in [0.5, 0.6) is 5.88 Å². The van der Waals surface area contributed by atoms with E-state index in [1.54, 1.807) is 48.5 Å². The number of hydrogen-bond donors (Lipinski definition) is 3. The van der Waals surface area contributed by atoms with Crippen molar-refractivity contribution < 1.29 is 14.3 Å². The van der Waals surface area contributed by atoms with Gasteiger partial charge >= 0.3 is 0 Å². The smallest absolute Gasteiger partial charge is 0.237 e. The van der Waals surface area contributed by atoms with Crippen molar-refractivity contribution in [2.45, 2.75) is 51.7 Å². The number of amides is 2. The molecule has 1 atom stereocenters. The first-order valence-corrected chi connectivity index (χ1v) is 17.1. The molecule has 50 heavy (non-hydrogen) atoms. The van der Waals surface area contributed by atoms with Gasteiger partial charge in [-0.3, -0.25) is 24.9 Å². The number of rotatable bonds is 14. The normalized spacial score (nSPS) is 16.9. The molecule has 5 rings (SSSR count). The average Bonchev–Trinajstić information content (AvgIpc) is 3.57. The molecule has 2 aromatic carbocycles. The van der Waals surface area contributed by atoms with Crippen LogP contribution in [0, 0.1) is 5.41 Å². The molecule has 12 heteroatoms. The molecule has 0 saturated carbocycles. The molecular formula is C38H47N9O3. The standard InChI is InChI=1S/C38H47N9O3/c1-26(2)50-35-13-10-30(22-43-35)37(40)33-21-32(11-12-34(33)39)47(25-48)20-16-31-5-4-17-46(31)23-36(49)45-18-14-28(15-19-45)27-6-8-29(9-7-27)38(41)44-24-42-3/h6-14,21-22,24-26,31,40H,4-5,15-20,23,39H2,1-3H3,(H2,41,42,44). The Morgan fingerprint density at radius 2 is 1.92 bits per heavy atom. The van der Waals surface area contributed by atoms with E-state index >= 15 is 0 Å². The van der Waals surface area contributed by atoms with Gasteiger partial charge in [-0.1, -0.05) is 30.3 Å². The van der Waals surface area contributed by atoms with Gasteiger partial charge in [-0.2, -0.15) is 0 Å². The predicted molar refractivity (Wildman–Crippen MR) is 200 cm³/mol. The number of ether oxygens (including phenoxy) is 1. The highest BCUT2D eigenvalue weighted by Gasteiger charge is 2.29. The summed E-state index contributed by atoms with van der Waals surface area (Å²) in [6.07, 6.45) is 9.46. The van der Waals surface area contributed by atoms with E-state index < -0.39 is 0 Å². The summed E-state index contributed by atoms with van der Waals surface area (Å²) in [5.74, 6) is 1.03. The fourth-order valence-corrected chi connectivity index (χ4v) is 6.38. The van der Waals surface area contributed by atoms with Crippen LogP contribution in [-0.4, -0.2) is 96.9 Å². The lowest BCUT2D eigenvalue weighted by molar-refractivity contribution is -0.132. The summed E-state index contributed by atoms with van der Waals surface area (Å²) in [5.41, 5.74) is 17.9. The molecule has 0 aliphatic carbocycles. The summed E-state index contributed by atoms with van der Waals surface area (Å²) in [6.45, 7) is 6.80. The maximum atomic E-state index is 13.4. The third-order valence-electron chi connectivity index (χ3n) is 9.11. The summed E-state index contributed by atoms with van der Waals surface area (Å²) >= 11 is 0. The molecule has 262 valence electrons. The van der Waals surface area contributed by atoms with E-state index in [0.717, 1.165) is 49.8 Å². The highest BCUT2D eigenvalue weighted by molar-refractivity contribution is 6.14. The van der Waals surface area contributed by atoms with Crippen molar-refractivity contribution in [1.82, 2.24) is 14.8 Å². The van der Waals surface area contributed by atoms with Crippen LogP contribution in [0.1, 0.15) is 61.8 Å². The van der Waals surface area contributed by atoms with Crippen molar-refractivity contribution in [3.8, 4) is 5.88 Å². The van der Waals surface area contributed by atoms with Crippen molar-refractivity contribution in [3.05, 3.63) is 89.1 Å². The number of anilines is 2. The number of nitrogens with one attached hydrogen (secondary N) is 1. The number of likely N-dealkylation sites (tertiary alicyclic amines) is 1. The lowest BCUT2D eigenvalue weighted by Gasteiger charge is -2.31. The van der Waals surface area contributed by atoms with Gasteiger partial charge in [-0.05, 0) is 81.5 Å². The molecule has 0 spiro atoms. The van der Waals surface area contributed by atoms with Gasteiger partial charge in [0.1, 0.15) is 12.2 Å². The van der Waals surface area contributed by atoms with E-state index in [4.69, 9.17) is 21.6 Å². The van der Waals surface area contributed by atoms with Crippen molar-refractivity contribution in [2.75, 3.05) is 50.4 Å². The second-order valence-corrected chi connectivity index (χ2v) is 12.8. The van der Waals surface area contributed by atoms with Crippen LogP contribution < -0.4 is 21.1 Å². The topological polar surface area (TPSA) is 167 Å². The molecule has 1 fully saturated rings. The molecule has 5 N–H and O–H groups in total. The molecule has 2 aliphatic rings. The van der Waals surface area contributed by atoms with Gasteiger partial charge in [-0.15, -0.1) is 0 Å². The summed E-state index contributed by atoms with van der Waals surface area (Å²) in [6, 6.07) is 17.0. The molecule has 0 radical (unpaired) electrons. The van der Waals surface area contributed by atoms with E-state index in [1.807, 2.05) is 43.0 Å². The lowest BCUT2D eigenvalue weighted by atomic mass is 9.98. The van der Waals surface area contributed by atoms with Crippen molar-refractivity contribution in [3.63, 3.8) is 0 Å². The number of aromatic nitrogens is 1. The van der Waals surface area contributed by atoms with Gasteiger partial charge in [0.05, 0.1) is 18.4 Å². The van der Waals surface area contributed by atoms with Crippen molar-refractivity contribution in [2.24, 2.45) is 15.7 Å². The van der Waals surface area contributed by atoms with Crippen LogP contribution in [0.4, 0.5) is 11.4 Å². The fourth-order valence-electron chi connectivity index (χ4n) is 6.38. The Morgan fingerprint density at radius 3 is 2.58 bits per heavy atom. The van der Waals surface area contributed by atoms with E-state index in [-0.39, 0.29) is 23.8 Å². The number of hydrogen-bond acceptors (Lipinski definition) is 8. The minimum Gasteiger partial charge on any atom is -0.475 e. The Balaban J connectivity index is 1.15. The lowest BCUT2D eigenvalue weighted by Crippen LogP contribution is -2.44. The SMILES string of the molecule is CN=CN=C(N)c1ccc(C2=CCN(C(=O)CN3CCCC3CCN(C=O)c3ccc(N)c(C(=N)c4ccc(OC(C)C)nc4)c3)CC2)cc1. The highest BCUT2D eigenvalue weighted by Crippen LogP contribution is 2.27. The average molecular weight is 678 g/mol. The number of carbonyl (C=O) groups excluding carboxylic acids is 2. The predicted octanol–water partition coefficient (Wildman–Crippen LogP) is 4.36. The van der Waals surface area contributed by atoms with E-state index in [0.29, 0.717) is 60.4 Å². The van der Waals surface area contributed by atoms with Crippen molar-refractivity contribution in [1.29, 1.82) is 5.41 Å². The molecule has 1 aromatic heterocycles. The van der Waals surface area contributed by atoms with Crippen LogP contribution in [0.2, 0.25) is 0 Å². The van der Waals surface area contributed by atoms with E-state index in [1.165, 1.54) is 11.9 Å². The Hall–Kier alpha value is -5.36. The molecule has 2 amide bonds. The molecule has 2 aliphatic heterocycles. The number of nitrogens with two attached hydrogens (primary N) is 2. The van der Waals surface area contributed by atoms with Gasteiger partial charge < -0.3 is 26.0 Å². The van der Waals surface area contributed by atoms with Crippen LogP contribution >= 0.6 is 0 Å². The first kappa shape index (κ1) is 35.9.